The van der Waals surface area contributed by atoms with E-state index in [0.29, 0.717) is 10.7 Å². The third-order valence-corrected chi connectivity index (χ3v) is 4.10. The Kier molecular flexibility index (Phi) is 4.16. The van der Waals surface area contributed by atoms with Gasteiger partial charge in [0.1, 0.15) is 5.75 Å². The van der Waals surface area contributed by atoms with Crippen LogP contribution in [0.25, 0.3) is 10.4 Å². The van der Waals surface area contributed by atoms with Gasteiger partial charge in [-0.3, -0.25) is 10.1 Å². The summed E-state index contributed by atoms with van der Waals surface area (Å²) in [6.07, 6.45) is 1.76. The third-order valence-electron chi connectivity index (χ3n) is 3.14. The molecule has 110 valence electrons. The van der Waals surface area contributed by atoms with Crippen molar-refractivity contribution >= 4 is 22.4 Å². The van der Waals surface area contributed by atoms with Crippen molar-refractivity contribution in [2.45, 2.75) is 0 Å². The Hall–Kier alpha value is -2.66. The Balaban J connectivity index is 1.74. The van der Waals surface area contributed by atoms with Crippen LogP contribution in [0.4, 0.5) is 5.13 Å². The summed E-state index contributed by atoms with van der Waals surface area (Å²) in [5, 5.41) is 3.40. The number of benzene rings is 2. The van der Waals surface area contributed by atoms with E-state index in [2.05, 4.69) is 10.3 Å². The highest BCUT2D eigenvalue weighted by Crippen LogP contribution is 2.30. The molecule has 3 rings (SSSR count). The van der Waals surface area contributed by atoms with Gasteiger partial charge < -0.3 is 4.74 Å². The van der Waals surface area contributed by atoms with Crippen molar-refractivity contribution in [2.75, 3.05) is 12.4 Å². The molecule has 1 amide bonds. The molecule has 0 saturated carbocycles. The van der Waals surface area contributed by atoms with Gasteiger partial charge in [0.05, 0.1) is 12.0 Å². The zero-order valence-electron chi connectivity index (χ0n) is 11.9. The van der Waals surface area contributed by atoms with Crippen molar-refractivity contribution in [3.8, 4) is 16.2 Å². The van der Waals surface area contributed by atoms with Gasteiger partial charge in [0.2, 0.25) is 0 Å². The van der Waals surface area contributed by atoms with Gasteiger partial charge in [-0.15, -0.1) is 0 Å². The fourth-order valence-electron chi connectivity index (χ4n) is 1.98. The van der Waals surface area contributed by atoms with Gasteiger partial charge in [0, 0.05) is 11.8 Å². The number of amides is 1. The molecule has 0 fully saturated rings. The maximum absolute atomic E-state index is 12.1. The number of aromatic nitrogens is 1. The normalized spacial score (nSPS) is 10.2. The summed E-state index contributed by atoms with van der Waals surface area (Å²) in [7, 11) is 1.64. The highest BCUT2D eigenvalue weighted by atomic mass is 32.1. The Morgan fingerprint density at radius 2 is 1.82 bits per heavy atom. The molecule has 1 heterocycles. The first-order valence-corrected chi connectivity index (χ1v) is 7.54. The van der Waals surface area contributed by atoms with E-state index in [1.807, 2.05) is 42.5 Å². The van der Waals surface area contributed by atoms with E-state index in [4.69, 9.17) is 4.74 Å². The zero-order valence-corrected chi connectivity index (χ0v) is 12.8. The lowest BCUT2D eigenvalue weighted by Gasteiger charge is -2.01. The second-order valence-electron chi connectivity index (χ2n) is 4.58. The number of rotatable bonds is 4. The third kappa shape index (κ3) is 3.15. The number of nitrogens with one attached hydrogen (secondary N) is 1. The topological polar surface area (TPSA) is 51.2 Å². The fraction of sp³-hybridized carbons (Fsp3) is 0.0588. The van der Waals surface area contributed by atoms with Gasteiger partial charge in [-0.05, 0) is 42.0 Å². The summed E-state index contributed by atoms with van der Waals surface area (Å²) < 4.78 is 5.14. The van der Waals surface area contributed by atoms with Gasteiger partial charge in [-0.2, -0.15) is 0 Å². The largest absolute Gasteiger partial charge is 0.497 e. The summed E-state index contributed by atoms with van der Waals surface area (Å²) in [6, 6.07) is 16.8. The smallest absolute Gasteiger partial charge is 0.257 e. The molecule has 22 heavy (non-hydrogen) atoms. The predicted molar refractivity (Wildman–Crippen MR) is 88.5 cm³/mol. The van der Waals surface area contributed by atoms with Gasteiger partial charge in [0.25, 0.3) is 5.91 Å². The number of carbonyl (C=O) groups is 1. The van der Waals surface area contributed by atoms with Crippen LogP contribution < -0.4 is 10.1 Å². The quantitative estimate of drug-likeness (QED) is 0.790. The Labute approximate surface area is 132 Å². The molecule has 0 bridgehead atoms. The Morgan fingerprint density at radius 3 is 2.50 bits per heavy atom. The molecule has 0 saturated heterocycles. The lowest BCUT2D eigenvalue weighted by atomic mass is 10.2. The predicted octanol–water partition coefficient (Wildman–Crippen LogP) is 4.07. The van der Waals surface area contributed by atoms with Crippen LogP contribution in [0.5, 0.6) is 5.75 Å². The number of hydrogen-bond donors (Lipinski definition) is 1. The van der Waals surface area contributed by atoms with E-state index in [1.165, 1.54) is 11.3 Å². The second-order valence-corrected chi connectivity index (χ2v) is 5.61. The number of ether oxygens (including phenoxy) is 1. The molecule has 3 aromatic rings. The molecule has 4 nitrogen and oxygen atoms in total. The molecule has 0 aliphatic heterocycles. The summed E-state index contributed by atoms with van der Waals surface area (Å²) in [5.41, 5.74) is 1.65. The molecule has 0 radical (unpaired) electrons. The Bertz CT molecular complexity index is 767. The molecule has 2 aromatic carbocycles. The van der Waals surface area contributed by atoms with Crippen molar-refractivity contribution in [3.63, 3.8) is 0 Å². The standard InChI is InChI=1S/C17H14N2O2S/c1-21-14-9-7-12(8-10-14)15-11-18-17(22-15)19-16(20)13-5-3-2-4-6-13/h2-11H,1H3,(H,18,19,20). The van der Waals surface area contributed by atoms with Crippen LogP contribution >= 0.6 is 11.3 Å². The SMILES string of the molecule is COc1ccc(-c2cnc(NC(=O)c3ccccc3)s2)cc1. The highest BCUT2D eigenvalue weighted by molar-refractivity contribution is 7.19. The van der Waals surface area contributed by atoms with Crippen LogP contribution in [-0.2, 0) is 0 Å². The number of thiazole rings is 1. The summed E-state index contributed by atoms with van der Waals surface area (Å²) in [5.74, 6) is 0.655. The average Bonchev–Trinajstić information content (AvgIpc) is 3.04. The molecule has 5 heteroatoms. The first-order chi connectivity index (χ1) is 10.8. The molecule has 0 aliphatic carbocycles. The van der Waals surface area contributed by atoms with Crippen LogP contribution in [0.15, 0.2) is 60.8 Å². The van der Waals surface area contributed by atoms with Crippen molar-refractivity contribution < 1.29 is 9.53 Å². The van der Waals surface area contributed by atoms with Gasteiger partial charge in [0.15, 0.2) is 5.13 Å². The van der Waals surface area contributed by atoms with Crippen molar-refractivity contribution in [1.82, 2.24) is 4.98 Å². The van der Waals surface area contributed by atoms with E-state index in [1.54, 1.807) is 25.4 Å². The van der Waals surface area contributed by atoms with Gasteiger partial charge >= 0.3 is 0 Å². The molecule has 0 atom stereocenters. The second kappa shape index (κ2) is 6.41. The van der Waals surface area contributed by atoms with Crippen LogP contribution in [0.2, 0.25) is 0 Å². The minimum absolute atomic E-state index is 0.156. The summed E-state index contributed by atoms with van der Waals surface area (Å²) in [6.45, 7) is 0. The number of anilines is 1. The molecular formula is C17H14N2O2S. The maximum Gasteiger partial charge on any atom is 0.257 e. The number of methoxy groups -OCH3 is 1. The Morgan fingerprint density at radius 1 is 1.09 bits per heavy atom. The van der Waals surface area contributed by atoms with E-state index >= 15 is 0 Å². The van der Waals surface area contributed by atoms with E-state index < -0.39 is 0 Å². The van der Waals surface area contributed by atoms with Crippen LogP contribution in [-0.4, -0.2) is 18.0 Å². The number of nitrogens with zero attached hydrogens (tertiary/aromatic N) is 1. The van der Waals surface area contributed by atoms with Gasteiger partial charge in [-0.25, -0.2) is 4.98 Å². The van der Waals surface area contributed by atoms with Crippen LogP contribution in [0.3, 0.4) is 0 Å². The summed E-state index contributed by atoms with van der Waals surface area (Å²) >= 11 is 1.44. The molecule has 0 unspecified atom stereocenters. The summed E-state index contributed by atoms with van der Waals surface area (Å²) in [4.78, 5) is 17.3. The molecule has 0 spiro atoms. The first kappa shape index (κ1) is 14.3. The fourth-order valence-corrected chi connectivity index (χ4v) is 2.80. The number of carbonyl (C=O) groups excluding carboxylic acids is 1. The van der Waals surface area contributed by atoms with Gasteiger partial charge in [-0.1, -0.05) is 29.5 Å². The molecule has 1 aromatic heterocycles. The van der Waals surface area contributed by atoms with Crippen molar-refractivity contribution in [2.24, 2.45) is 0 Å². The van der Waals surface area contributed by atoms with Crippen LogP contribution in [0, 0.1) is 0 Å². The van der Waals surface area contributed by atoms with Crippen molar-refractivity contribution in [1.29, 1.82) is 0 Å². The molecular weight excluding hydrogens is 296 g/mol. The minimum Gasteiger partial charge on any atom is -0.497 e. The maximum atomic E-state index is 12.1. The van der Waals surface area contributed by atoms with E-state index in [0.717, 1.165) is 16.2 Å². The van der Waals surface area contributed by atoms with Crippen molar-refractivity contribution in [3.05, 3.63) is 66.4 Å². The lowest BCUT2D eigenvalue weighted by molar-refractivity contribution is 0.102. The zero-order chi connectivity index (χ0) is 15.4. The van der Waals surface area contributed by atoms with E-state index in [9.17, 15) is 4.79 Å². The lowest BCUT2D eigenvalue weighted by Crippen LogP contribution is -2.11. The van der Waals surface area contributed by atoms with Crippen LogP contribution in [0.1, 0.15) is 10.4 Å². The monoisotopic (exact) mass is 310 g/mol. The number of hydrogen-bond acceptors (Lipinski definition) is 4. The molecule has 1 N–H and O–H groups in total. The molecule has 0 aliphatic rings. The minimum atomic E-state index is -0.156. The highest BCUT2D eigenvalue weighted by Gasteiger charge is 2.09. The first-order valence-electron chi connectivity index (χ1n) is 6.73. The average molecular weight is 310 g/mol. The van der Waals surface area contributed by atoms with E-state index in [-0.39, 0.29) is 5.91 Å².